The van der Waals surface area contributed by atoms with Gasteiger partial charge in [0.25, 0.3) is 0 Å². The van der Waals surface area contributed by atoms with Gasteiger partial charge < -0.3 is 5.11 Å². The highest BCUT2D eigenvalue weighted by atomic mass is 32.1. The van der Waals surface area contributed by atoms with Gasteiger partial charge in [-0.05, 0) is 31.4 Å². The van der Waals surface area contributed by atoms with Crippen LogP contribution < -0.4 is 0 Å². The summed E-state index contributed by atoms with van der Waals surface area (Å²) in [6, 6.07) is 0. The van der Waals surface area contributed by atoms with Crippen molar-refractivity contribution in [1.29, 1.82) is 0 Å². The summed E-state index contributed by atoms with van der Waals surface area (Å²) in [5, 5.41) is 8.59. The van der Waals surface area contributed by atoms with E-state index < -0.39 is 0 Å². The number of hydrogen-bond donors (Lipinski definition) is 2. The normalized spacial score (nSPS) is 9.88. The maximum absolute atomic E-state index is 8.59. The molecule has 0 unspecified atom stereocenters. The molecule has 0 aromatic heterocycles. The van der Waals surface area contributed by atoms with Crippen LogP contribution in [0.15, 0.2) is 0 Å². The van der Waals surface area contributed by atoms with Crippen molar-refractivity contribution in [2.24, 2.45) is 0 Å². The molecule has 0 heterocycles. The van der Waals surface area contributed by atoms with Gasteiger partial charge in [0.2, 0.25) is 0 Å². The van der Waals surface area contributed by atoms with Crippen LogP contribution in [0.5, 0.6) is 0 Å². The number of rotatable bonds is 10. The van der Waals surface area contributed by atoms with Gasteiger partial charge in [-0.25, -0.2) is 0 Å². The van der Waals surface area contributed by atoms with Gasteiger partial charge in [-0.3, -0.25) is 0 Å². The number of thiol groups is 1. The first-order chi connectivity index (χ1) is 7.91. The average molecular weight is 242 g/mol. The highest BCUT2D eigenvalue weighted by Crippen LogP contribution is 2.04. The lowest BCUT2D eigenvalue weighted by Crippen LogP contribution is -1.82. The van der Waals surface area contributed by atoms with Gasteiger partial charge >= 0.3 is 0 Å². The molecule has 0 aliphatic heterocycles. The molecule has 0 amide bonds. The van der Waals surface area contributed by atoms with E-state index in [1.165, 1.54) is 38.5 Å². The number of aliphatic hydroxyl groups is 1. The fourth-order valence-electron chi connectivity index (χ4n) is 1.53. The Morgan fingerprint density at radius 1 is 0.688 bits per heavy atom. The number of hydrogen-bond acceptors (Lipinski definition) is 2. The molecule has 0 fully saturated rings. The molecular formula is C14H26OS. The molecule has 2 heteroatoms. The number of unbranched alkanes of at least 4 members (excludes halogenated alkanes) is 8. The van der Waals surface area contributed by atoms with Gasteiger partial charge in [0.05, 0.1) is 0 Å². The fourth-order valence-corrected chi connectivity index (χ4v) is 1.76. The Bertz CT molecular complexity index is 163. The summed E-state index contributed by atoms with van der Waals surface area (Å²) >= 11 is 4.18. The molecule has 0 bridgehead atoms. The third kappa shape index (κ3) is 13.9. The Morgan fingerprint density at radius 3 is 1.69 bits per heavy atom. The summed E-state index contributed by atoms with van der Waals surface area (Å²) in [5.41, 5.74) is 0. The first kappa shape index (κ1) is 15.9. The molecular weight excluding hydrogens is 216 g/mol. The van der Waals surface area contributed by atoms with Crippen molar-refractivity contribution in [3.8, 4) is 11.8 Å². The van der Waals surface area contributed by atoms with Crippen LogP contribution >= 0.6 is 12.6 Å². The van der Waals surface area contributed by atoms with Gasteiger partial charge in [-0.15, -0.1) is 11.8 Å². The van der Waals surface area contributed by atoms with Crippen LogP contribution in [-0.4, -0.2) is 17.5 Å². The lowest BCUT2D eigenvalue weighted by molar-refractivity contribution is 0.282. The van der Waals surface area contributed by atoms with Gasteiger partial charge in [0.15, 0.2) is 0 Å². The maximum Gasteiger partial charge on any atom is 0.0431 e. The molecule has 0 saturated carbocycles. The molecule has 0 aliphatic carbocycles. The predicted octanol–water partition coefficient (Wildman–Crippen LogP) is 3.81. The average Bonchev–Trinajstić information content (AvgIpc) is 2.31. The van der Waals surface area contributed by atoms with Crippen LogP contribution in [0.2, 0.25) is 0 Å². The van der Waals surface area contributed by atoms with E-state index in [2.05, 4.69) is 24.5 Å². The van der Waals surface area contributed by atoms with Crippen molar-refractivity contribution < 1.29 is 5.11 Å². The van der Waals surface area contributed by atoms with Gasteiger partial charge in [-0.2, -0.15) is 12.6 Å². The van der Waals surface area contributed by atoms with Crippen LogP contribution in [-0.2, 0) is 0 Å². The van der Waals surface area contributed by atoms with Crippen molar-refractivity contribution >= 4 is 12.6 Å². The van der Waals surface area contributed by atoms with Crippen LogP contribution in [0.4, 0.5) is 0 Å². The van der Waals surface area contributed by atoms with Crippen LogP contribution in [0, 0.1) is 11.8 Å². The minimum absolute atomic E-state index is 0.331. The quantitative estimate of drug-likeness (QED) is 0.339. The minimum atomic E-state index is 0.331. The van der Waals surface area contributed by atoms with Crippen molar-refractivity contribution in [3.63, 3.8) is 0 Å². The Morgan fingerprint density at radius 2 is 1.19 bits per heavy atom. The Balaban J connectivity index is 3.04. The van der Waals surface area contributed by atoms with Gasteiger partial charge in [-0.1, -0.05) is 25.7 Å². The molecule has 0 aromatic rings. The lowest BCUT2D eigenvalue weighted by Gasteiger charge is -1.95. The van der Waals surface area contributed by atoms with E-state index in [1.54, 1.807) is 0 Å². The molecule has 0 spiro atoms. The van der Waals surface area contributed by atoms with E-state index in [9.17, 15) is 0 Å². The molecule has 0 atom stereocenters. The third-order valence-electron chi connectivity index (χ3n) is 2.54. The summed E-state index contributed by atoms with van der Waals surface area (Å²) < 4.78 is 0. The molecule has 0 aromatic carbocycles. The van der Waals surface area contributed by atoms with Gasteiger partial charge in [0, 0.05) is 19.4 Å². The largest absolute Gasteiger partial charge is 0.396 e. The molecule has 1 nitrogen and oxygen atoms in total. The Kier molecular flexibility index (Phi) is 14.7. The highest BCUT2D eigenvalue weighted by molar-refractivity contribution is 7.80. The first-order valence-electron chi connectivity index (χ1n) is 6.59. The van der Waals surface area contributed by atoms with Crippen molar-refractivity contribution in [2.75, 3.05) is 12.4 Å². The highest BCUT2D eigenvalue weighted by Gasteiger charge is 1.87. The van der Waals surface area contributed by atoms with E-state index in [4.69, 9.17) is 5.11 Å². The molecule has 16 heavy (non-hydrogen) atoms. The second kappa shape index (κ2) is 14.9. The lowest BCUT2D eigenvalue weighted by atomic mass is 10.1. The zero-order valence-corrected chi connectivity index (χ0v) is 11.3. The van der Waals surface area contributed by atoms with Gasteiger partial charge in [0.1, 0.15) is 0 Å². The summed E-state index contributed by atoms with van der Waals surface area (Å²) in [7, 11) is 0. The van der Waals surface area contributed by atoms with Crippen molar-refractivity contribution in [3.05, 3.63) is 0 Å². The Labute approximate surface area is 106 Å². The molecule has 0 aliphatic rings. The zero-order valence-electron chi connectivity index (χ0n) is 10.4. The van der Waals surface area contributed by atoms with Crippen molar-refractivity contribution in [2.45, 2.75) is 64.2 Å². The topological polar surface area (TPSA) is 20.2 Å². The molecule has 0 rings (SSSR count). The first-order valence-corrected chi connectivity index (χ1v) is 7.22. The minimum Gasteiger partial charge on any atom is -0.396 e. The summed E-state index contributed by atoms with van der Waals surface area (Å²) in [4.78, 5) is 0. The molecule has 0 saturated heterocycles. The standard InChI is InChI=1S/C14H26OS/c15-13-11-9-7-5-3-1-2-4-6-8-10-12-14-16/h15-16H,3-14H2. The zero-order chi connectivity index (χ0) is 11.9. The molecule has 1 N–H and O–H groups in total. The monoisotopic (exact) mass is 242 g/mol. The maximum atomic E-state index is 8.59. The van der Waals surface area contributed by atoms with E-state index in [0.717, 1.165) is 31.4 Å². The molecule has 0 radical (unpaired) electrons. The van der Waals surface area contributed by atoms with E-state index in [1.807, 2.05) is 0 Å². The third-order valence-corrected chi connectivity index (χ3v) is 2.86. The van der Waals surface area contributed by atoms with Crippen LogP contribution in [0.3, 0.4) is 0 Å². The fraction of sp³-hybridized carbons (Fsp3) is 0.857. The van der Waals surface area contributed by atoms with Crippen LogP contribution in [0.1, 0.15) is 64.2 Å². The second-order valence-corrected chi connectivity index (χ2v) is 4.58. The number of aliphatic hydroxyl groups excluding tert-OH is 1. The second-order valence-electron chi connectivity index (χ2n) is 4.13. The van der Waals surface area contributed by atoms with Crippen molar-refractivity contribution in [1.82, 2.24) is 0 Å². The van der Waals surface area contributed by atoms with Crippen LogP contribution in [0.25, 0.3) is 0 Å². The van der Waals surface area contributed by atoms with E-state index >= 15 is 0 Å². The molecule has 94 valence electrons. The van der Waals surface area contributed by atoms with E-state index in [-0.39, 0.29) is 0 Å². The van der Waals surface area contributed by atoms with E-state index in [0.29, 0.717) is 6.61 Å². The summed E-state index contributed by atoms with van der Waals surface area (Å²) in [5.74, 6) is 7.47. The SMILES string of the molecule is OCCCCCCC#CCCCCCCS. The summed E-state index contributed by atoms with van der Waals surface area (Å²) in [6.45, 7) is 0.331. The Hall–Kier alpha value is -0.130. The predicted molar refractivity (Wildman–Crippen MR) is 74.9 cm³/mol. The summed E-state index contributed by atoms with van der Waals surface area (Å²) in [6.07, 6.45) is 11.6. The smallest absolute Gasteiger partial charge is 0.0431 e.